The fourth-order valence-electron chi connectivity index (χ4n) is 1.37. The highest BCUT2D eigenvalue weighted by atomic mass is 16.5. The fourth-order valence-corrected chi connectivity index (χ4v) is 1.37. The van der Waals surface area contributed by atoms with Crippen molar-refractivity contribution in [2.75, 3.05) is 7.11 Å². The van der Waals surface area contributed by atoms with Gasteiger partial charge in [-0.3, -0.25) is 0 Å². The van der Waals surface area contributed by atoms with Crippen molar-refractivity contribution in [1.29, 1.82) is 0 Å². The molecule has 0 atom stereocenters. The Hall–Kier alpha value is -1.25. The summed E-state index contributed by atoms with van der Waals surface area (Å²) in [5, 5.41) is 0. The van der Waals surface area contributed by atoms with Crippen LogP contribution in [0.3, 0.4) is 0 Å². The lowest BCUT2D eigenvalue weighted by molar-refractivity contribution is 0.0589. The van der Waals surface area contributed by atoms with Gasteiger partial charge in [-0.05, 0) is 18.6 Å². The van der Waals surface area contributed by atoms with Crippen LogP contribution < -0.4 is 0 Å². The molecule has 0 aromatic carbocycles. The number of rotatable bonds is 3. The van der Waals surface area contributed by atoms with E-state index < -0.39 is 0 Å². The molecule has 0 aliphatic carbocycles. The highest BCUT2D eigenvalue weighted by Gasteiger charge is 2.11. The highest BCUT2D eigenvalue weighted by molar-refractivity contribution is 5.87. The molecule has 0 aliphatic rings. The average Bonchev–Trinajstić information content (AvgIpc) is 2.48. The van der Waals surface area contributed by atoms with E-state index in [2.05, 4.69) is 11.7 Å². The van der Waals surface area contributed by atoms with Crippen molar-refractivity contribution in [1.82, 2.24) is 4.57 Å². The molecule has 3 nitrogen and oxygen atoms in total. The van der Waals surface area contributed by atoms with E-state index in [9.17, 15) is 4.79 Å². The van der Waals surface area contributed by atoms with Crippen LogP contribution in [0.15, 0.2) is 12.1 Å². The molecule has 0 N–H and O–H groups in total. The van der Waals surface area contributed by atoms with E-state index in [1.807, 2.05) is 17.7 Å². The van der Waals surface area contributed by atoms with Crippen LogP contribution in [-0.4, -0.2) is 17.6 Å². The predicted molar refractivity (Wildman–Crippen MR) is 50.7 cm³/mol. The number of hydrogen-bond donors (Lipinski definition) is 0. The van der Waals surface area contributed by atoms with Gasteiger partial charge in [-0.15, -0.1) is 0 Å². The lowest BCUT2D eigenvalue weighted by Crippen LogP contribution is -2.09. The molecule has 0 bridgehead atoms. The zero-order chi connectivity index (χ0) is 9.84. The summed E-state index contributed by atoms with van der Waals surface area (Å²) < 4.78 is 6.53. The van der Waals surface area contributed by atoms with Crippen molar-refractivity contribution in [2.45, 2.75) is 19.8 Å². The molecular formula is C10H15NO2. The summed E-state index contributed by atoms with van der Waals surface area (Å²) in [6, 6.07) is 3.77. The SMILES string of the molecule is CCCc1ccc(C(=O)OC)n1C. The molecule has 1 rings (SSSR count). The summed E-state index contributed by atoms with van der Waals surface area (Å²) in [7, 11) is 3.28. The van der Waals surface area contributed by atoms with Gasteiger partial charge in [0.1, 0.15) is 5.69 Å². The third-order valence-electron chi connectivity index (χ3n) is 2.13. The Bertz CT molecular complexity index is 302. The zero-order valence-corrected chi connectivity index (χ0v) is 8.33. The number of aromatic nitrogens is 1. The molecule has 1 aromatic heterocycles. The van der Waals surface area contributed by atoms with Crippen molar-refractivity contribution in [3.8, 4) is 0 Å². The normalized spacial score (nSPS) is 10.1. The summed E-state index contributed by atoms with van der Waals surface area (Å²) in [6.07, 6.45) is 2.08. The molecule has 0 unspecified atom stereocenters. The second-order valence-corrected chi connectivity index (χ2v) is 3.01. The Morgan fingerprint density at radius 3 is 2.77 bits per heavy atom. The van der Waals surface area contributed by atoms with Gasteiger partial charge in [-0.25, -0.2) is 4.79 Å². The van der Waals surface area contributed by atoms with E-state index >= 15 is 0 Å². The molecule has 0 saturated heterocycles. The molecule has 1 heterocycles. The third-order valence-corrected chi connectivity index (χ3v) is 2.13. The van der Waals surface area contributed by atoms with Crippen molar-refractivity contribution < 1.29 is 9.53 Å². The van der Waals surface area contributed by atoms with Crippen LogP contribution in [-0.2, 0) is 18.2 Å². The van der Waals surface area contributed by atoms with Gasteiger partial charge in [-0.2, -0.15) is 0 Å². The maximum absolute atomic E-state index is 11.2. The van der Waals surface area contributed by atoms with Crippen LogP contribution in [0.25, 0.3) is 0 Å². The van der Waals surface area contributed by atoms with Crippen LogP contribution in [0.1, 0.15) is 29.5 Å². The van der Waals surface area contributed by atoms with E-state index in [0.717, 1.165) is 12.8 Å². The van der Waals surface area contributed by atoms with Gasteiger partial charge < -0.3 is 9.30 Å². The monoisotopic (exact) mass is 181 g/mol. The number of esters is 1. The molecule has 13 heavy (non-hydrogen) atoms. The second-order valence-electron chi connectivity index (χ2n) is 3.01. The smallest absolute Gasteiger partial charge is 0.354 e. The Morgan fingerprint density at radius 2 is 2.23 bits per heavy atom. The number of nitrogens with zero attached hydrogens (tertiary/aromatic N) is 1. The minimum absolute atomic E-state index is 0.273. The Balaban J connectivity index is 2.92. The highest BCUT2D eigenvalue weighted by Crippen LogP contribution is 2.10. The van der Waals surface area contributed by atoms with Gasteiger partial charge in [0.05, 0.1) is 7.11 Å². The Morgan fingerprint density at radius 1 is 1.54 bits per heavy atom. The van der Waals surface area contributed by atoms with Crippen LogP contribution in [0, 0.1) is 0 Å². The van der Waals surface area contributed by atoms with Gasteiger partial charge in [0.2, 0.25) is 0 Å². The molecule has 3 heteroatoms. The first-order valence-corrected chi connectivity index (χ1v) is 4.43. The number of ether oxygens (including phenoxy) is 1. The first-order valence-electron chi connectivity index (χ1n) is 4.43. The summed E-state index contributed by atoms with van der Waals surface area (Å²) in [5.74, 6) is -0.273. The largest absolute Gasteiger partial charge is 0.464 e. The minimum atomic E-state index is -0.273. The predicted octanol–water partition coefficient (Wildman–Crippen LogP) is 1.76. The lowest BCUT2D eigenvalue weighted by Gasteiger charge is -2.04. The second kappa shape index (κ2) is 4.12. The van der Waals surface area contributed by atoms with E-state index in [1.54, 1.807) is 6.07 Å². The quantitative estimate of drug-likeness (QED) is 0.665. The van der Waals surface area contributed by atoms with E-state index in [-0.39, 0.29) is 5.97 Å². The first kappa shape index (κ1) is 9.84. The van der Waals surface area contributed by atoms with Gasteiger partial charge >= 0.3 is 5.97 Å². The van der Waals surface area contributed by atoms with Gasteiger partial charge in [0.15, 0.2) is 0 Å². The fraction of sp³-hybridized carbons (Fsp3) is 0.500. The summed E-state index contributed by atoms with van der Waals surface area (Å²) in [6.45, 7) is 2.12. The Kier molecular flexibility index (Phi) is 3.12. The van der Waals surface area contributed by atoms with Crippen molar-refractivity contribution in [3.63, 3.8) is 0 Å². The molecular weight excluding hydrogens is 166 g/mol. The van der Waals surface area contributed by atoms with E-state index in [0.29, 0.717) is 5.69 Å². The molecule has 0 spiro atoms. The van der Waals surface area contributed by atoms with Gasteiger partial charge in [0, 0.05) is 12.7 Å². The van der Waals surface area contributed by atoms with Crippen LogP contribution in [0.2, 0.25) is 0 Å². The summed E-state index contributed by atoms with van der Waals surface area (Å²) in [5.41, 5.74) is 1.79. The molecule has 72 valence electrons. The van der Waals surface area contributed by atoms with Crippen molar-refractivity contribution in [3.05, 3.63) is 23.5 Å². The van der Waals surface area contributed by atoms with E-state index in [1.165, 1.54) is 12.8 Å². The van der Waals surface area contributed by atoms with Gasteiger partial charge in [0.25, 0.3) is 0 Å². The molecule has 0 saturated carbocycles. The van der Waals surface area contributed by atoms with Crippen molar-refractivity contribution in [2.24, 2.45) is 7.05 Å². The van der Waals surface area contributed by atoms with Crippen molar-refractivity contribution >= 4 is 5.97 Å². The van der Waals surface area contributed by atoms with Crippen LogP contribution >= 0.6 is 0 Å². The molecule has 0 amide bonds. The first-order chi connectivity index (χ1) is 6.20. The molecule has 0 fully saturated rings. The third kappa shape index (κ3) is 1.91. The number of carbonyl (C=O) groups excluding carboxylic acids is 1. The number of methoxy groups -OCH3 is 1. The number of hydrogen-bond acceptors (Lipinski definition) is 2. The summed E-state index contributed by atoms with van der Waals surface area (Å²) in [4.78, 5) is 11.2. The van der Waals surface area contributed by atoms with Gasteiger partial charge in [-0.1, -0.05) is 13.3 Å². The zero-order valence-electron chi connectivity index (χ0n) is 8.33. The number of aryl methyl sites for hydroxylation is 1. The van der Waals surface area contributed by atoms with Crippen LogP contribution in [0.4, 0.5) is 0 Å². The maximum atomic E-state index is 11.2. The Labute approximate surface area is 78.3 Å². The average molecular weight is 181 g/mol. The standard InChI is InChI=1S/C10H15NO2/c1-4-5-8-6-7-9(11(8)2)10(12)13-3/h6-7H,4-5H2,1-3H3. The molecule has 1 aromatic rings. The maximum Gasteiger partial charge on any atom is 0.354 e. The lowest BCUT2D eigenvalue weighted by atomic mass is 10.2. The van der Waals surface area contributed by atoms with Crippen LogP contribution in [0.5, 0.6) is 0 Å². The summed E-state index contributed by atoms with van der Waals surface area (Å²) >= 11 is 0. The molecule has 0 radical (unpaired) electrons. The topological polar surface area (TPSA) is 31.2 Å². The number of carbonyl (C=O) groups is 1. The molecule has 0 aliphatic heterocycles. The minimum Gasteiger partial charge on any atom is -0.464 e. The van der Waals surface area contributed by atoms with E-state index in [4.69, 9.17) is 0 Å².